The summed E-state index contributed by atoms with van der Waals surface area (Å²) in [4.78, 5) is 11.9. The molecule has 0 bridgehead atoms. The van der Waals surface area contributed by atoms with E-state index in [0.29, 0.717) is 11.3 Å². The number of nitrogens with zero attached hydrogens (tertiary/aromatic N) is 1. The van der Waals surface area contributed by atoms with Crippen LogP contribution in [0.25, 0.3) is 0 Å². The molecule has 5 nitrogen and oxygen atoms in total. The Morgan fingerprint density at radius 3 is 2.40 bits per heavy atom. The van der Waals surface area contributed by atoms with E-state index in [1.54, 1.807) is 0 Å². The molecule has 0 unspecified atom stereocenters. The largest absolute Gasteiger partial charge is 0.508 e. The Labute approximate surface area is 145 Å². The minimum absolute atomic E-state index is 0.107. The Morgan fingerprint density at radius 1 is 0.920 bits per heavy atom. The van der Waals surface area contributed by atoms with Crippen molar-refractivity contribution in [1.82, 2.24) is 5.43 Å². The zero-order chi connectivity index (χ0) is 17.5. The zero-order valence-corrected chi connectivity index (χ0v) is 13.3. The van der Waals surface area contributed by atoms with Crippen LogP contribution in [-0.4, -0.2) is 17.2 Å². The van der Waals surface area contributed by atoms with Crippen LogP contribution in [0.1, 0.15) is 15.9 Å². The van der Waals surface area contributed by atoms with Gasteiger partial charge in [0.15, 0.2) is 0 Å². The molecule has 3 rings (SSSR count). The molecule has 0 aliphatic heterocycles. The standard InChI is InChI=1S/C20H16N2O3/c23-17-11-9-16(10-12-17)20(24)22-21-14-15-5-4-8-19(13-15)25-18-6-2-1-3-7-18/h1-14,23H,(H,22,24)/b21-14-. The van der Waals surface area contributed by atoms with Gasteiger partial charge >= 0.3 is 0 Å². The molecule has 2 N–H and O–H groups in total. The second-order valence-electron chi connectivity index (χ2n) is 5.23. The summed E-state index contributed by atoms with van der Waals surface area (Å²) in [7, 11) is 0. The number of hydrogen-bond donors (Lipinski definition) is 2. The highest BCUT2D eigenvalue weighted by Crippen LogP contribution is 2.21. The van der Waals surface area contributed by atoms with E-state index >= 15 is 0 Å². The van der Waals surface area contributed by atoms with E-state index in [0.717, 1.165) is 11.3 Å². The number of aromatic hydroxyl groups is 1. The molecular formula is C20H16N2O3. The summed E-state index contributed by atoms with van der Waals surface area (Å²) < 4.78 is 5.75. The first-order valence-electron chi connectivity index (χ1n) is 7.66. The van der Waals surface area contributed by atoms with Crippen LogP contribution in [0.2, 0.25) is 0 Å². The number of ether oxygens (including phenoxy) is 1. The fourth-order valence-corrected chi connectivity index (χ4v) is 2.13. The molecule has 1 amide bonds. The lowest BCUT2D eigenvalue weighted by Gasteiger charge is -2.05. The normalized spacial score (nSPS) is 10.6. The maximum absolute atomic E-state index is 11.9. The van der Waals surface area contributed by atoms with E-state index in [1.807, 2.05) is 54.6 Å². The van der Waals surface area contributed by atoms with Crippen molar-refractivity contribution in [3.8, 4) is 17.2 Å². The first kappa shape index (κ1) is 16.3. The van der Waals surface area contributed by atoms with Crippen molar-refractivity contribution in [2.75, 3.05) is 0 Å². The van der Waals surface area contributed by atoms with E-state index in [1.165, 1.54) is 30.5 Å². The minimum Gasteiger partial charge on any atom is -0.508 e. The third-order valence-corrected chi connectivity index (χ3v) is 3.35. The molecule has 0 aliphatic rings. The van der Waals surface area contributed by atoms with Gasteiger partial charge < -0.3 is 9.84 Å². The first-order chi connectivity index (χ1) is 12.2. The number of phenolic OH excluding ortho intramolecular Hbond substituents is 1. The SMILES string of the molecule is O=C(N/N=C\c1cccc(Oc2ccccc2)c1)c1ccc(O)cc1. The summed E-state index contributed by atoms with van der Waals surface area (Å²) in [6.07, 6.45) is 1.54. The summed E-state index contributed by atoms with van der Waals surface area (Å²) in [6.45, 7) is 0. The minimum atomic E-state index is -0.354. The highest BCUT2D eigenvalue weighted by Gasteiger charge is 2.03. The first-order valence-corrected chi connectivity index (χ1v) is 7.66. The number of carbonyl (C=O) groups excluding carboxylic acids is 1. The summed E-state index contributed by atoms with van der Waals surface area (Å²) >= 11 is 0. The summed E-state index contributed by atoms with van der Waals surface area (Å²) in [6, 6.07) is 22.8. The van der Waals surface area contributed by atoms with Crippen LogP contribution >= 0.6 is 0 Å². The van der Waals surface area contributed by atoms with Gasteiger partial charge in [0.05, 0.1) is 6.21 Å². The summed E-state index contributed by atoms with van der Waals surface area (Å²) in [5.41, 5.74) is 3.65. The number of benzene rings is 3. The molecule has 0 atom stereocenters. The van der Waals surface area contributed by atoms with Gasteiger partial charge in [0.25, 0.3) is 5.91 Å². The predicted octanol–water partition coefficient (Wildman–Crippen LogP) is 3.95. The van der Waals surface area contributed by atoms with Gasteiger partial charge in [0.2, 0.25) is 0 Å². The smallest absolute Gasteiger partial charge is 0.271 e. The molecule has 3 aromatic carbocycles. The highest BCUT2D eigenvalue weighted by atomic mass is 16.5. The fraction of sp³-hybridized carbons (Fsp3) is 0. The monoisotopic (exact) mass is 332 g/mol. The molecule has 0 heterocycles. The van der Waals surface area contributed by atoms with Crippen molar-refractivity contribution in [1.29, 1.82) is 0 Å². The number of nitrogens with one attached hydrogen (secondary N) is 1. The number of hydrogen-bond acceptors (Lipinski definition) is 4. The molecule has 0 fully saturated rings. The number of hydrazone groups is 1. The molecule has 0 aromatic heterocycles. The van der Waals surface area contributed by atoms with E-state index in [2.05, 4.69) is 10.5 Å². The molecule has 0 spiro atoms. The van der Waals surface area contributed by atoms with Crippen LogP contribution in [-0.2, 0) is 0 Å². The van der Waals surface area contributed by atoms with E-state index < -0.39 is 0 Å². The topological polar surface area (TPSA) is 70.9 Å². The second-order valence-corrected chi connectivity index (χ2v) is 5.23. The van der Waals surface area contributed by atoms with Gasteiger partial charge in [0, 0.05) is 5.56 Å². The van der Waals surface area contributed by atoms with Gasteiger partial charge in [-0.15, -0.1) is 0 Å². The molecule has 0 aliphatic carbocycles. The Kier molecular flexibility index (Phi) is 5.07. The van der Waals surface area contributed by atoms with Gasteiger partial charge in [-0.3, -0.25) is 4.79 Å². The van der Waals surface area contributed by atoms with Gasteiger partial charge in [-0.05, 0) is 54.1 Å². The van der Waals surface area contributed by atoms with Crippen molar-refractivity contribution in [2.45, 2.75) is 0 Å². The van der Waals surface area contributed by atoms with Crippen molar-refractivity contribution in [2.24, 2.45) is 5.10 Å². The lowest BCUT2D eigenvalue weighted by atomic mass is 10.2. The van der Waals surface area contributed by atoms with Crippen LogP contribution in [0.5, 0.6) is 17.2 Å². The highest BCUT2D eigenvalue weighted by molar-refractivity contribution is 5.95. The van der Waals surface area contributed by atoms with Gasteiger partial charge in [-0.1, -0.05) is 30.3 Å². The van der Waals surface area contributed by atoms with Crippen LogP contribution in [0.15, 0.2) is 84.0 Å². The average molecular weight is 332 g/mol. The maximum Gasteiger partial charge on any atom is 0.271 e. The molecular weight excluding hydrogens is 316 g/mol. The molecule has 0 saturated carbocycles. The Bertz CT molecular complexity index is 875. The lowest BCUT2D eigenvalue weighted by molar-refractivity contribution is 0.0955. The number of rotatable bonds is 5. The molecule has 5 heteroatoms. The third-order valence-electron chi connectivity index (χ3n) is 3.35. The van der Waals surface area contributed by atoms with E-state index in [4.69, 9.17) is 4.74 Å². The van der Waals surface area contributed by atoms with Crippen LogP contribution in [0.4, 0.5) is 0 Å². The predicted molar refractivity (Wildman–Crippen MR) is 96.1 cm³/mol. The average Bonchev–Trinajstić information content (AvgIpc) is 2.63. The lowest BCUT2D eigenvalue weighted by Crippen LogP contribution is -2.17. The maximum atomic E-state index is 11.9. The summed E-state index contributed by atoms with van der Waals surface area (Å²) in [5, 5.41) is 13.2. The molecule has 25 heavy (non-hydrogen) atoms. The Hall–Kier alpha value is -3.60. The van der Waals surface area contributed by atoms with E-state index in [9.17, 15) is 9.90 Å². The number of phenols is 1. The van der Waals surface area contributed by atoms with Crippen LogP contribution in [0, 0.1) is 0 Å². The second kappa shape index (κ2) is 7.79. The number of carbonyl (C=O) groups is 1. The molecule has 3 aromatic rings. The summed E-state index contributed by atoms with van der Waals surface area (Å²) in [5.74, 6) is 1.18. The van der Waals surface area contributed by atoms with Crippen molar-refractivity contribution in [3.63, 3.8) is 0 Å². The molecule has 0 radical (unpaired) electrons. The number of amides is 1. The van der Waals surface area contributed by atoms with Crippen LogP contribution < -0.4 is 10.2 Å². The van der Waals surface area contributed by atoms with Crippen molar-refractivity contribution < 1.29 is 14.6 Å². The van der Waals surface area contributed by atoms with E-state index in [-0.39, 0.29) is 11.7 Å². The van der Waals surface area contributed by atoms with Gasteiger partial charge in [-0.25, -0.2) is 5.43 Å². The zero-order valence-electron chi connectivity index (χ0n) is 13.3. The van der Waals surface area contributed by atoms with Crippen molar-refractivity contribution >= 4 is 12.1 Å². The van der Waals surface area contributed by atoms with Crippen LogP contribution in [0.3, 0.4) is 0 Å². The quantitative estimate of drug-likeness (QED) is 0.549. The molecule has 0 saturated heterocycles. The fourth-order valence-electron chi connectivity index (χ4n) is 2.13. The van der Waals surface area contributed by atoms with Gasteiger partial charge in [0.1, 0.15) is 17.2 Å². The van der Waals surface area contributed by atoms with Crippen molar-refractivity contribution in [3.05, 3.63) is 90.0 Å². The third kappa shape index (κ3) is 4.68. The number of para-hydroxylation sites is 1. The Morgan fingerprint density at radius 2 is 1.64 bits per heavy atom. The Balaban J connectivity index is 1.62. The molecule has 124 valence electrons. The van der Waals surface area contributed by atoms with Gasteiger partial charge in [-0.2, -0.15) is 5.10 Å².